The van der Waals surface area contributed by atoms with E-state index >= 15 is 0 Å². The van der Waals surface area contributed by atoms with Crippen LogP contribution in [0.4, 0.5) is 0 Å². The van der Waals surface area contributed by atoms with E-state index < -0.39 is 11.9 Å². The van der Waals surface area contributed by atoms with Gasteiger partial charge in [-0.1, -0.05) is 30.3 Å². The molecule has 0 unspecified atom stereocenters. The minimum Gasteiger partial charge on any atom is -0.394 e. The second-order valence-electron chi connectivity index (χ2n) is 6.03. The number of hydroxylamine groups is 2. The molecule has 5 nitrogen and oxygen atoms in total. The van der Waals surface area contributed by atoms with E-state index in [9.17, 15) is 10.3 Å². The lowest BCUT2D eigenvalue weighted by Crippen LogP contribution is -2.46. The second kappa shape index (κ2) is 6.42. The normalized spacial score (nSPS) is 27.8. The highest BCUT2D eigenvalue weighted by Crippen LogP contribution is 2.33. The summed E-state index contributed by atoms with van der Waals surface area (Å²) in [6.07, 6.45) is -0.825. The van der Waals surface area contributed by atoms with Crippen molar-refractivity contribution in [2.75, 3.05) is 6.61 Å². The van der Waals surface area contributed by atoms with E-state index in [0.29, 0.717) is 0 Å². The average molecular weight is 295 g/mol. The molecule has 1 heterocycles. The molecule has 0 spiro atoms. The maximum Gasteiger partial charge on any atom is 0.163 e. The summed E-state index contributed by atoms with van der Waals surface area (Å²) >= 11 is 0. The molecule has 21 heavy (non-hydrogen) atoms. The standard InChI is InChI=1S/C16H25NO4/c1-11(13-8-6-5-7-9-13)17(19)12(2)15-14(10-18)20-16(3,4)21-15/h5-9,11-12,14-15,18-19H,10H2,1-4H3/t11-,12+,14-,15+/m1/s1. The van der Waals surface area contributed by atoms with Gasteiger partial charge in [-0.05, 0) is 33.3 Å². The van der Waals surface area contributed by atoms with Gasteiger partial charge in [0.15, 0.2) is 5.79 Å². The SMILES string of the molecule is C[C@H](c1ccccc1)N(O)[C@@H](C)[C@@H]1OC(C)(C)O[C@@H]1CO. The average Bonchev–Trinajstić information content (AvgIpc) is 2.81. The molecule has 0 amide bonds. The number of hydrogen-bond donors (Lipinski definition) is 2. The molecule has 4 atom stereocenters. The fourth-order valence-corrected chi connectivity index (χ4v) is 2.80. The van der Waals surface area contributed by atoms with Crippen LogP contribution in [0.3, 0.4) is 0 Å². The Labute approximate surface area is 126 Å². The highest BCUT2D eigenvalue weighted by molar-refractivity contribution is 5.18. The van der Waals surface area contributed by atoms with E-state index in [0.717, 1.165) is 5.56 Å². The summed E-state index contributed by atoms with van der Waals surface area (Å²) in [5.74, 6) is -0.747. The first-order valence-electron chi connectivity index (χ1n) is 7.34. The molecule has 1 aromatic carbocycles. The summed E-state index contributed by atoms with van der Waals surface area (Å²) in [6, 6.07) is 9.30. The van der Waals surface area contributed by atoms with Gasteiger partial charge in [-0.3, -0.25) is 0 Å². The lowest BCUT2D eigenvalue weighted by molar-refractivity contribution is -0.197. The van der Waals surface area contributed by atoms with Crippen molar-refractivity contribution in [1.82, 2.24) is 5.06 Å². The Bertz CT molecular complexity index is 451. The van der Waals surface area contributed by atoms with E-state index in [1.165, 1.54) is 5.06 Å². The summed E-state index contributed by atoms with van der Waals surface area (Å²) < 4.78 is 11.5. The Morgan fingerprint density at radius 2 is 1.81 bits per heavy atom. The topological polar surface area (TPSA) is 62.2 Å². The van der Waals surface area contributed by atoms with Gasteiger partial charge in [-0.2, -0.15) is 5.06 Å². The van der Waals surface area contributed by atoms with E-state index in [1.807, 2.05) is 58.0 Å². The zero-order valence-corrected chi connectivity index (χ0v) is 13.1. The van der Waals surface area contributed by atoms with Gasteiger partial charge >= 0.3 is 0 Å². The molecule has 1 fully saturated rings. The Hall–Kier alpha value is -0.980. The predicted molar refractivity (Wildman–Crippen MR) is 78.9 cm³/mol. The second-order valence-corrected chi connectivity index (χ2v) is 6.03. The molecule has 118 valence electrons. The molecule has 1 saturated heterocycles. The van der Waals surface area contributed by atoms with Crippen LogP contribution < -0.4 is 0 Å². The first-order valence-corrected chi connectivity index (χ1v) is 7.34. The third-order valence-electron chi connectivity index (χ3n) is 3.97. The van der Waals surface area contributed by atoms with Crippen molar-refractivity contribution in [2.45, 2.75) is 57.8 Å². The third-order valence-corrected chi connectivity index (χ3v) is 3.97. The molecule has 1 aliphatic rings. The van der Waals surface area contributed by atoms with Crippen LogP contribution >= 0.6 is 0 Å². The number of rotatable bonds is 5. The number of nitrogens with zero attached hydrogens (tertiary/aromatic N) is 1. The van der Waals surface area contributed by atoms with Gasteiger partial charge < -0.3 is 19.8 Å². The molecule has 0 saturated carbocycles. The molecule has 0 aliphatic carbocycles. The van der Waals surface area contributed by atoms with Crippen LogP contribution in [0.1, 0.15) is 39.3 Å². The van der Waals surface area contributed by atoms with Crippen molar-refractivity contribution < 1.29 is 19.8 Å². The maximum atomic E-state index is 10.5. The van der Waals surface area contributed by atoms with Crippen LogP contribution in [0.2, 0.25) is 0 Å². The zero-order chi connectivity index (χ0) is 15.6. The fourth-order valence-electron chi connectivity index (χ4n) is 2.80. The van der Waals surface area contributed by atoms with Crippen molar-refractivity contribution in [2.24, 2.45) is 0 Å². The first-order chi connectivity index (χ1) is 9.85. The van der Waals surface area contributed by atoms with Crippen LogP contribution in [-0.2, 0) is 9.47 Å². The van der Waals surface area contributed by atoms with Crippen molar-refractivity contribution in [1.29, 1.82) is 0 Å². The Morgan fingerprint density at radius 1 is 1.19 bits per heavy atom. The largest absolute Gasteiger partial charge is 0.394 e. The molecule has 5 heteroatoms. The van der Waals surface area contributed by atoms with Crippen molar-refractivity contribution in [3.05, 3.63) is 35.9 Å². The lowest BCUT2D eigenvalue weighted by atomic mass is 10.0. The summed E-state index contributed by atoms with van der Waals surface area (Å²) in [7, 11) is 0. The van der Waals surface area contributed by atoms with Crippen LogP contribution in [0.5, 0.6) is 0 Å². The summed E-state index contributed by atoms with van der Waals surface area (Å²) in [5.41, 5.74) is 1.02. The third kappa shape index (κ3) is 3.62. The van der Waals surface area contributed by atoms with Gasteiger partial charge in [0.05, 0.1) is 18.7 Å². The zero-order valence-electron chi connectivity index (χ0n) is 13.1. The first kappa shape index (κ1) is 16.4. The van der Waals surface area contributed by atoms with Gasteiger partial charge in [0.2, 0.25) is 0 Å². The highest BCUT2D eigenvalue weighted by atomic mass is 16.8. The van der Waals surface area contributed by atoms with Gasteiger partial charge in [0.1, 0.15) is 12.2 Å². The van der Waals surface area contributed by atoms with Crippen LogP contribution in [0.15, 0.2) is 30.3 Å². The number of hydrogen-bond acceptors (Lipinski definition) is 5. The summed E-state index contributed by atoms with van der Waals surface area (Å²) in [6.45, 7) is 7.29. The number of benzene rings is 1. The maximum absolute atomic E-state index is 10.5. The number of ether oxygens (including phenoxy) is 2. The summed E-state index contributed by atoms with van der Waals surface area (Å²) in [5, 5.41) is 21.2. The van der Waals surface area contributed by atoms with Crippen LogP contribution in [0, 0.1) is 0 Å². The monoisotopic (exact) mass is 295 g/mol. The van der Waals surface area contributed by atoms with E-state index in [4.69, 9.17) is 9.47 Å². The molecular weight excluding hydrogens is 270 g/mol. The molecule has 2 rings (SSSR count). The quantitative estimate of drug-likeness (QED) is 0.816. The minimum atomic E-state index is -0.747. The van der Waals surface area contributed by atoms with Crippen molar-refractivity contribution in [3.63, 3.8) is 0 Å². The van der Waals surface area contributed by atoms with Gasteiger partial charge in [-0.25, -0.2) is 0 Å². The van der Waals surface area contributed by atoms with E-state index in [2.05, 4.69) is 0 Å². The number of aliphatic hydroxyl groups is 1. The Balaban J connectivity index is 2.10. The molecule has 0 radical (unpaired) electrons. The van der Waals surface area contributed by atoms with Crippen LogP contribution in [0.25, 0.3) is 0 Å². The van der Waals surface area contributed by atoms with E-state index in [-0.39, 0.29) is 24.8 Å². The molecule has 2 N–H and O–H groups in total. The molecule has 1 aromatic rings. The van der Waals surface area contributed by atoms with Gasteiger partial charge in [0.25, 0.3) is 0 Å². The molecular formula is C16H25NO4. The number of aliphatic hydroxyl groups excluding tert-OH is 1. The lowest BCUT2D eigenvalue weighted by Gasteiger charge is -2.33. The predicted octanol–water partition coefficient (Wildman–Crippen LogP) is 2.34. The van der Waals surface area contributed by atoms with Crippen LogP contribution in [-0.4, -0.2) is 46.0 Å². The molecule has 0 aromatic heterocycles. The highest BCUT2D eigenvalue weighted by Gasteiger charge is 2.45. The summed E-state index contributed by atoms with van der Waals surface area (Å²) in [4.78, 5) is 0. The van der Waals surface area contributed by atoms with Gasteiger partial charge in [-0.15, -0.1) is 0 Å². The molecule has 0 bridgehead atoms. The Morgan fingerprint density at radius 3 is 2.38 bits per heavy atom. The smallest absolute Gasteiger partial charge is 0.163 e. The van der Waals surface area contributed by atoms with E-state index in [1.54, 1.807) is 0 Å². The van der Waals surface area contributed by atoms with Gasteiger partial charge in [0, 0.05) is 0 Å². The van der Waals surface area contributed by atoms with Crippen molar-refractivity contribution in [3.8, 4) is 0 Å². The van der Waals surface area contributed by atoms with Crippen molar-refractivity contribution >= 4 is 0 Å². The minimum absolute atomic E-state index is 0.133. The fraction of sp³-hybridized carbons (Fsp3) is 0.625. The Kier molecular flexibility index (Phi) is 5.01. The molecule has 1 aliphatic heterocycles.